The van der Waals surface area contributed by atoms with Crippen molar-refractivity contribution in [3.8, 4) is 17.2 Å². The van der Waals surface area contributed by atoms with E-state index in [0.29, 0.717) is 29.4 Å². The van der Waals surface area contributed by atoms with Gasteiger partial charge < -0.3 is 19.4 Å². The number of rotatable bonds is 5. The van der Waals surface area contributed by atoms with Gasteiger partial charge in [-0.15, -0.1) is 0 Å². The zero-order valence-corrected chi connectivity index (χ0v) is 15.3. The predicted molar refractivity (Wildman–Crippen MR) is 97.0 cm³/mol. The van der Waals surface area contributed by atoms with E-state index in [0.717, 1.165) is 29.8 Å². The molecule has 2 N–H and O–H groups in total. The molecule has 140 valence electrons. The van der Waals surface area contributed by atoms with E-state index >= 15 is 0 Å². The highest BCUT2D eigenvalue weighted by Crippen LogP contribution is 2.62. The molecular formula is C20H22N4O3. The van der Waals surface area contributed by atoms with Crippen molar-refractivity contribution in [2.75, 3.05) is 7.11 Å². The monoisotopic (exact) mass is 366 g/mol. The molecule has 0 saturated heterocycles. The number of methoxy groups -OCH3 is 1. The van der Waals surface area contributed by atoms with E-state index in [1.165, 1.54) is 19.3 Å². The van der Waals surface area contributed by atoms with Crippen molar-refractivity contribution in [2.24, 2.45) is 11.1 Å². The first-order valence-corrected chi connectivity index (χ1v) is 9.28. The van der Waals surface area contributed by atoms with Crippen LogP contribution in [0.2, 0.25) is 0 Å². The number of oxazole rings is 1. The second-order valence-electron chi connectivity index (χ2n) is 7.93. The van der Waals surface area contributed by atoms with Crippen LogP contribution in [0.3, 0.4) is 0 Å². The quantitative estimate of drug-likeness (QED) is 0.738. The van der Waals surface area contributed by atoms with Crippen LogP contribution in [-0.4, -0.2) is 22.2 Å². The average Bonchev–Trinajstić information content (AvgIpc) is 3.28. The van der Waals surface area contributed by atoms with E-state index in [4.69, 9.17) is 19.4 Å². The summed E-state index contributed by atoms with van der Waals surface area (Å²) in [5.41, 5.74) is 8.11. The minimum atomic E-state index is -0.455. The van der Waals surface area contributed by atoms with Crippen LogP contribution in [0.15, 0.2) is 39.5 Å². The fourth-order valence-corrected chi connectivity index (χ4v) is 4.41. The van der Waals surface area contributed by atoms with E-state index in [1.54, 1.807) is 13.4 Å². The fourth-order valence-electron chi connectivity index (χ4n) is 4.41. The largest absolute Gasteiger partial charge is 0.497 e. The Bertz CT molecular complexity index is 948. The van der Waals surface area contributed by atoms with Gasteiger partial charge in [-0.3, -0.25) is 0 Å². The Kier molecular flexibility index (Phi) is 3.62. The van der Waals surface area contributed by atoms with Crippen molar-refractivity contribution < 1.29 is 13.7 Å². The number of benzene rings is 1. The fraction of sp³-hybridized carbons (Fsp3) is 0.450. The van der Waals surface area contributed by atoms with Gasteiger partial charge in [0.15, 0.2) is 5.82 Å². The zero-order valence-electron chi connectivity index (χ0n) is 15.3. The third-order valence-electron chi connectivity index (χ3n) is 5.92. The lowest BCUT2D eigenvalue weighted by atomic mass is 9.49. The van der Waals surface area contributed by atoms with Gasteiger partial charge in [-0.1, -0.05) is 11.6 Å². The SMILES string of the molecule is COc1ccc(-c2nc(Cc3noc(C4(N)CC5(CCC5)C4)n3)co2)cc1. The molecule has 3 aromatic rings. The number of hydrogen-bond acceptors (Lipinski definition) is 7. The molecule has 0 radical (unpaired) electrons. The Morgan fingerprint density at radius 3 is 2.59 bits per heavy atom. The van der Waals surface area contributed by atoms with E-state index in [1.807, 2.05) is 24.3 Å². The summed E-state index contributed by atoms with van der Waals surface area (Å²) >= 11 is 0. The summed E-state index contributed by atoms with van der Waals surface area (Å²) < 4.78 is 16.2. The molecule has 2 aromatic heterocycles. The molecule has 2 saturated carbocycles. The summed E-state index contributed by atoms with van der Waals surface area (Å²) in [5.74, 6) is 2.48. The normalized spacial score (nSPS) is 19.5. The number of hydrogen-bond donors (Lipinski definition) is 1. The summed E-state index contributed by atoms with van der Waals surface area (Å²) in [6.07, 6.45) is 7.85. The molecule has 1 spiro atoms. The first-order chi connectivity index (χ1) is 13.1. The maximum absolute atomic E-state index is 6.48. The standard InChI is InChI=1S/C20H22N4O3/c1-25-15-5-3-13(4-6-15)17-22-14(10-26-17)9-16-23-18(27-24-16)20(21)11-19(12-20)7-2-8-19/h3-6,10H,2,7-9,11-12,21H2,1H3. The molecule has 0 atom stereocenters. The minimum absolute atomic E-state index is 0.447. The van der Waals surface area contributed by atoms with Crippen LogP contribution in [0, 0.1) is 5.41 Å². The molecule has 27 heavy (non-hydrogen) atoms. The smallest absolute Gasteiger partial charge is 0.246 e. The van der Waals surface area contributed by atoms with Crippen molar-refractivity contribution in [1.29, 1.82) is 0 Å². The number of ether oxygens (including phenoxy) is 1. The lowest BCUT2D eigenvalue weighted by molar-refractivity contribution is -0.0596. The van der Waals surface area contributed by atoms with Gasteiger partial charge in [-0.2, -0.15) is 4.98 Å². The minimum Gasteiger partial charge on any atom is -0.497 e. The summed E-state index contributed by atoms with van der Waals surface area (Å²) in [4.78, 5) is 9.05. The van der Waals surface area contributed by atoms with Crippen molar-refractivity contribution in [3.63, 3.8) is 0 Å². The van der Waals surface area contributed by atoms with Gasteiger partial charge in [-0.25, -0.2) is 4.98 Å². The van der Waals surface area contributed by atoms with Crippen LogP contribution in [-0.2, 0) is 12.0 Å². The highest BCUT2D eigenvalue weighted by molar-refractivity contribution is 5.54. The summed E-state index contributed by atoms with van der Waals surface area (Å²) in [6.45, 7) is 0. The van der Waals surface area contributed by atoms with Gasteiger partial charge in [0.25, 0.3) is 0 Å². The Hall–Kier alpha value is -2.67. The Labute approximate surface area is 156 Å². The first kappa shape index (κ1) is 16.5. The molecule has 0 bridgehead atoms. The van der Waals surface area contributed by atoms with Crippen LogP contribution < -0.4 is 10.5 Å². The van der Waals surface area contributed by atoms with Gasteiger partial charge in [0.05, 0.1) is 24.8 Å². The van der Waals surface area contributed by atoms with Crippen molar-refractivity contribution in [2.45, 2.75) is 44.1 Å². The van der Waals surface area contributed by atoms with Gasteiger partial charge in [-0.05, 0) is 55.4 Å². The lowest BCUT2D eigenvalue weighted by Gasteiger charge is -2.57. The molecule has 5 rings (SSSR count). The molecule has 2 aliphatic carbocycles. The summed E-state index contributed by atoms with van der Waals surface area (Å²) in [5, 5.41) is 4.09. The van der Waals surface area contributed by atoms with Gasteiger partial charge in [0.2, 0.25) is 11.8 Å². The molecule has 2 fully saturated rings. The second kappa shape index (κ2) is 5.92. The van der Waals surface area contributed by atoms with Crippen molar-refractivity contribution in [1.82, 2.24) is 15.1 Å². The predicted octanol–water partition coefficient (Wildman–Crippen LogP) is 3.44. The summed E-state index contributed by atoms with van der Waals surface area (Å²) in [7, 11) is 1.64. The van der Waals surface area contributed by atoms with Crippen LogP contribution in [0.25, 0.3) is 11.5 Å². The topological polar surface area (TPSA) is 100 Å². The third-order valence-corrected chi connectivity index (χ3v) is 5.92. The molecule has 7 nitrogen and oxygen atoms in total. The molecule has 0 unspecified atom stereocenters. The van der Waals surface area contributed by atoms with Gasteiger partial charge in [0, 0.05) is 5.56 Å². The van der Waals surface area contributed by atoms with Crippen LogP contribution in [0.4, 0.5) is 0 Å². The van der Waals surface area contributed by atoms with E-state index < -0.39 is 5.54 Å². The zero-order chi connectivity index (χ0) is 18.5. The maximum atomic E-state index is 6.48. The molecule has 1 aromatic carbocycles. The molecule has 0 amide bonds. The lowest BCUT2D eigenvalue weighted by Crippen LogP contribution is -2.58. The molecule has 2 heterocycles. The average molecular weight is 366 g/mol. The molecule has 0 aliphatic heterocycles. The number of nitrogens with zero attached hydrogens (tertiary/aromatic N) is 3. The second-order valence-corrected chi connectivity index (χ2v) is 7.93. The van der Waals surface area contributed by atoms with Gasteiger partial charge >= 0.3 is 0 Å². The van der Waals surface area contributed by atoms with Crippen LogP contribution in [0.5, 0.6) is 5.75 Å². The Morgan fingerprint density at radius 1 is 1.15 bits per heavy atom. The van der Waals surface area contributed by atoms with Gasteiger partial charge in [0.1, 0.15) is 12.0 Å². The molecule has 2 aliphatic rings. The Morgan fingerprint density at radius 2 is 1.93 bits per heavy atom. The molecule has 7 heteroatoms. The highest BCUT2D eigenvalue weighted by Gasteiger charge is 2.58. The molecular weight excluding hydrogens is 344 g/mol. The van der Waals surface area contributed by atoms with Crippen LogP contribution in [0.1, 0.15) is 49.5 Å². The highest BCUT2D eigenvalue weighted by atomic mass is 16.5. The van der Waals surface area contributed by atoms with E-state index in [9.17, 15) is 0 Å². The Balaban J connectivity index is 1.27. The van der Waals surface area contributed by atoms with E-state index in [2.05, 4.69) is 15.1 Å². The number of nitrogens with two attached hydrogens (primary N) is 1. The van der Waals surface area contributed by atoms with E-state index in [-0.39, 0.29) is 0 Å². The van der Waals surface area contributed by atoms with Crippen molar-refractivity contribution in [3.05, 3.63) is 47.9 Å². The first-order valence-electron chi connectivity index (χ1n) is 9.28. The number of aromatic nitrogens is 3. The maximum Gasteiger partial charge on any atom is 0.246 e. The van der Waals surface area contributed by atoms with Crippen LogP contribution >= 0.6 is 0 Å². The summed E-state index contributed by atoms with van der Waals surface area (Å²) in [6, 6.07) is 7.57. The van der Waals surface area contributed by atoms with Crippen molar-refractivity contribution >= 4 is 0 Å². The third kappa shape index (κ3) is 2.82.